The maximum Gasteiger partial charge on any atom is 0.331 e. The van der Waals surface area contributed by atoms with Crippen LogP contribution in [-0.2, 0) is 9.59 Å². The molecule has 1 amide bonds. The van der Waals surface area contributed by atoms with Crippen LogP contribution in [-0.4, -0.2) is 23.5 Å². The average molecular weight is 227 g/mol. The molecular weight excluding hydrogens is 206 g/mol. The summed E-state index contributed by atoms with van der Waals surface area (Å²) in [4.78, 5) is 22.3. The Morgan fingerprint density at radius 3 is 2.00 bits per heavy atom. The molecule has 0 saturated heterocycles. The van der Waals surface area contributed by atoms with E-state index in [1.807, 2.05) is 0 Å². The molecule has 0 bridgehead atoms. The molecule has 0 aliphatic rings. The van der Waals surface area contributed by atoms with Crippen LogP contribution in [0.3, 0.4) is 0 Å². The topological polar surface area (TPSA) is 66.4 Å². The van der Waals surface area contributed by atoms with Crippen molar-refractivity contribution in [1.82, 2.24) is 5.32 Å². The number of carbonyl (C=O) groups is 2. The molecule has 0 aliphatic carbocycles. The second-order valence-electron chi connectivity index (χ2n) is 3.95. The number of hydrogen-bond acceptors (Lipinski definition) is 2. The minimum Gasteiger partial charge on any atom is -0.478 e. The van der Waals surface area contributed by atoms with Gasteiger partial charge in [-0.25, -0.2) is 4.79 Å². The van der Waals surface area contributed by atoms with Gasteiger partial charge in [0.1, 0.15) is 0 Å². The molecule has 0 aliphatic heterocycles. The first-order valence-corrected chi connectivity index (χ1v) is 5.62. The fourth-order valence-corrected chi connectivity index (χ4v) is 1.28. The minimum atomic E-state index is -1.05. The maximum absolute atomic E-state index is 11.6. The van der Waals surface area contributed by atoms with Gasteiger partial charge in [0.2, 0.25) is 5.91 Å². The zero-order chi connectivity index (χ0) is 12.7. The lowest BCUT2D eigenvalue weighted by atomic mass is 10.0. The van der Waals surface area contributed by atoms with Crippen molar-refractivity contribution in [2.45, 2.75) is 40.5 Å². The van der Waals surface area contributed by atoms with E-state index in [0.29, 0.717) is 12.5 Å². The molecule has 0 unspecified atom stereocenters. The minimum absolute atomic E-state index is 0.0991. The predicted octanol–water partition coefficient (Wildman–Crippen LogP) is 1.96. The van der Waals surface area contributed by atoms with E-state index >= 15 is 0 Å². The van der Waals surface area contributed by atoms with Crippen molar-refractivity contribution < 1.29 is 14.7 Å². The normalized spacial score (nSPS) is 12.3. The van der Waals surface area contributed by atoms with Gasteiger partial charge in [0, 0.05) is 17.7 Å². The Morgan fingerprint density at radius 2 is 1.62 bits per heavy atom. The fraction of sp³-hybridized carbons (Fsp3) is 0.667. The van der Waals surface area contributed by atoms with Crippen molar-refractivity contribution in [2.75, 3.05) is 6.54 Å². The summed E-state index contributed by atoms with van der Waals surface area (Å²) >= 11 is 0. The van der Waals surface area contributed by atoms with Crippen molar-refractivity contribution in [3.63, 3.8) is 0 Å². The zero-order valence-electron chi connectivity index (χ0n) is 10.5. The standard InChI is InChI=1S/C12H21NO3/c1-5-10(6-2)7-13-11(14)8(3)9(4)12(15)16/h10H,5-7H2,1-4H3,(H,13,14)(H,15,16). The van der Waals surface area contributed by atoms with Crippen LogP contribution in [0, 0.1) is 5.92 Å². The smallest absolute Gasteiger partial charge is 0.331 e. The Morgan fingerprint density at radius 1 is 1.12 bits per heavy atom. The molecule has 0 aromatic carbocycles. The van der Waals surface area contributed by atoms with Gasteiger partial charge in [0.15, 0.2) is 0 Å². The van der Waals surface area contributed by atoms with Crippen LogP contribution in [0.15, 0.2) is 11.1 Å². The van der Waals surface area contributed by atoms with Gasteiger partial charge in [-0.2, -0.15) is 0 Å². The first-order valence-electron chi connectivity index (χ1n) is 5.62. The van der Waals surface area contributed by atoms with E-state index in [1.165, 1.54) is 13.8 Å². The van der Waals surface area contributed by atoms with Crippen molar-refractivity contribution in [2.24, 2.45) is 5.92 Å². The highest BCUT2D eigenvalue weighted by Crippen LogP contribution is 2.07. The van der Waals surface area contributed by atoms with E-state index in [2.05, 4.69) is 19.2 Å². The Kier molecular flexibility index (Phi) is 6.46. The van der Waals surface area contributed by atoms with Crippen LogP contribution < -0.4 is 5.32 Å². The third kappa shape index (κ3) is 4.47. The van der Waals surface area contributed by atoms with Gasteiger partial charge in [-0.15, -0.1) is 0 Å². The molecule has 0 saturated carbocycles. The molecule has 0 heterocycles. The molecule has 0 aromatic rings. The van der Waals surface area contributed by atoms with Gasteiger partial charge in [0.25, 0.3) is 0 Å². The van der Waals surface area contributed by atoms with Gasteiger partial charge in [0.05, 0.1) is 0 Å². The zero-order valence-corrected chi connectivity index (χ0v) is 10.5. The number of rotatable bonds is 6. The van der Waals surface area contributed by atoms with Crippen LogP contribution in [0.25, 0.3) is 0 Å². The second-order valence-corrected chi connectivity index (χ2v) is 3.95. The summed E-state index contributed by atoms with van der Waals surface area (Å²) in [5.74, 6) is -0.871. The quantitative estimate of drug-likeness (QED) is 0.682. The van der Waals surface area contributed by atoms with E-state index in [0.717, 1.165) is 12.8 Å². The Labute approximate surface area is 96.7 Å². The molecule has 0 aromatic heterocycles. The number of hydrogen-bond donors (Lipinski definition) is 2. The van der Waals surface area contributed by atoms with E-state index in [9.17, 15) is 9.59 Å². The molecule has 0 radical (unpaired) electrons. The van der Waals surface area contributed by atoms with Gasteiger partial charge < -0.3 is 10.4 Å². The van der Waals surface area contributed by atoms with Gasteiger partial charge >= 0.3 is 5.97 Å². The number of carboxylic acid groups (broad SMARTS) is 1. The van der Waals surface area contributed by atoms with Gasteiger partial charge in [-0.3, -0.25) is 4.79 Å². The average Bonchev–Trinajstić information content (AvgIpc) is 2.27. The van der Waals surface area contributed by atoms with Crippen LogP contribution in [0.2, 0.25) is 0 Å². The van der Waals surface area contributed by atoms with Crippen LogP contribution in [0.4, 0.5) is 0 Å². The molecule has 0 fully saturated rings. The van der Waals surface area contributed by atoms with Crippen LogP contribution in [0.1, 0.15) is 40.5 Å². The lowest BCUT2D eigenvalue weighted by Crippen LogP contribution is -2.30. The number of carbonyl (C=O) groups excluding carboxylic acids is 1. The summed E-state index contributed by atoms with van der Waals surface area (Å²) in [6, 6.07) is 0. The number of aliphatic carboxylic acids is 1. The summed E-state index contributed by atoms with van der Waals surface area (Å²) in [5, 5.41) is 11.5. The first kappa shape index (κ1) is 14.7. The number of carboxylic acids is 1. The Balaban J connectivity index is 4.37. The summed E-state index contributed by atoms with van der Waals surface area (Å²) in [6.07, 6.45) is 2.02. The maximum atomic E-state index is 11.6. The monoisotopic (exact) mass is 227 g/mol. The lowest BCUT2D eigenvalue weighted by Gasteiger charge is -2.13. The molecule has 4 nitrogen and oxygen atoms in total. The summed E-state index contributed by atoms with van der Waals surface area (Å²) in [5.41, 5.74) is 0.375. The lowest BCUT2D eigenvalue weighted by molar-refractivity contribution is -0.133. The SMILES string of the molecule is CCC(CC)CNC(=O)C(C)=C(C)C(=O)O. The van der Waals surface area contributed by atoms with Crippen molar-refractivity contribution in [3.05, 3.63) is 11.1 Å². The van der Waals surface area contributed by atoms with Gasteiger partial charge in [-0.1, -0.05) is 26.7 Å². The van der Waals surface area contributed by atoms with E-state index in [-0.39, 0.29) is 17.1 Å². The highest BCUT2D eigenvalue weighted by atomic mass is 16.4. The highest BCUT2D eigenvalue weighted by Gasteiger charge is 2.13. The van der Waals surface area contributed by atoms with Crippen molar-refractivity contribution >= 4 is 11.9 Å². The van der Waals surface area contributed by atoms with Crippen LogP contribution >= 0.6 is 0 Å². The molecule has 0 spiro atoms. The van der Waals surface area contributed by atoms with E-state index in [1.54, 1.807) is 0 Å². The summed E-state index contributed by atoms with van der Waals surface area (Å²) in [7, 11) is 0. The summed E-state index contributed by atoms with van der Waals surface area (Å²) < 4.78 is 0. The van der Waals surface area contributed by atoms with Gasteiger partial charge in [-0.05, 0) is 19.8 Å². The molecular formula is C12H21NO3. The molecule has 16 heavy (non-hydrogen) atoms. The molecule has 4 heteroatoms. The number of amides is 1. The van der Waals surface area contributed by atoms with E-state index in [4.69, 9.17) is 5.11 Å². The predicted molar refractivity (Wildman–Crippen MR) is 63.1 cm³/mol. The molecule has 0 atom stereocenters. The third-order valence-electron chi connectivity index (χ3n) is 2.93. The first-order chi connectivity index (χ1) is 7.43. The fourth-order valence-electron chi connectivity index (χ4n) is 1.28. The van der Waals surface area contributed by atoms with Crippen LogP contribution in [0.5, 0.6) is 0 Å². The van der Waals surface area contributed by atoms with Crippen molar-refractivity contribution in [1.29, 1.82) is 0 Å². The summed E-state index contributed by atoms with van der Waals surface area (Å²) in [6.45, 7) is 7.73. The third-order valence-corrected chi connectivity index (χ3v) is 2.93. The van der Waals surface area contributed by atoms with Crippen molar-refractivity contribution in [3.8, 4) is 0 Å². The van der Waals surface area contributed by atoms with E-state index < -0.39 is 5.97 Å². The Hall–Kier alpha value is -1.32. The molecule has 92 valence electrons. The largest absolute Gasteiger partial charge is 0.478 e. The molecule has 0 rings (SSSR count). The molecule has 2 N–H and O–H groups in total. The second kappa shape index (κ2) is 7.04. The highest BCUT2D eigenvalue weighted by molar-refractivity contribution is 6.01. The Bertz CT molecular complexity index is 291. The number of nitrogens with one attached hydrogen (secondary N) is 1.